The summed E-state index contributed by atoms with van der Waals surface area (Å²) in [7, 11) is 3.39. The molecule has 114 valence electrons. The molecule has 0 spiro atoms. The number of nitrogens with zero attached hydrogens (tertiary/aromatic N) is 3. The fourth-order valence-corrected chi connectivity index (χ4v) is 2.89. The normalized spacial score (nSPS) is 12.5. The first-order chi connectivity index (χ1) is 9.86. The molecular weight excluding hydrogens is 290 g/mol. The Balaban J connectivity index is 2.34. The van der Waals surface area contributed by atoms with Crippen molar-refractivity contribution in [2.75, 3.05) is 7.11 Å². The molecule has 2 aromatic heterocycles. The molecule has 2 heterocycles. The van der Waals surface area contributed by atoms with Crippen LogP contribution in [0.4, 0.5) is 0 Å². The second-order valence-corrected chi connectivity index (χ2v) is 5.54. The number of aryl methyl sites for hydroxylation is 3. The van der Waals surface area contributed by atoms with Crippen LogP contribution >= 0.6 is 11.6 Å². The second-order valence-electron chi connectivity index (χ2n) is 5.18. The van der Waals surface area contributed by atoms with Crippen molar-refractivity contribution in [2.24, 2.45) is 7.05 Å². The van der Waals surface area contributed by atoms with Crippen LogP contribution in [-0.4, -0.2) is 27.0 Å². The van der Waals surface area contributed by atoms with E-state index in [1.807, 2.05) is 20.8 Å². The van der Waals surface area contributed by atoms with Crippen molar-refractivity contribution < 1.29 is 9.84 Å². The van der Waals surface area contributed by atoms with Crippen LogP contribution in [0.2, 0.25) is 5.15 Å². The van der Waals surface area contributed by atoms with E-state index >= 15 is 0 Å². The number of aromatic nitrogens is 3. The lowest BCUT2D eigenvalue weighted by molar-refractivity contribution is 0.176. The number of hydrogen-bond donors (Lipinski definition) is 1. The molecule has 0 aliphatic carbocycles. The van der Waals surface area contributed by atoms with Crippen molar-refractivity contribution in [3.8, 4) is 5.75 Å². The van der Waals surface area contributed by atoms with Crippen molar-refractivity contribution in [3.05, 3.63) is 39.4 Å². The number of halogens is 1. The summed E-state index contributed by atoms with van der Waals surface area (Å²) in [6, 6.07) is 0. The van der Waals surface area contributed by atoms with E-state index in [1.54, 1.807) is 25.0 Å². The fraction of sp³-hybridized carbons (Fsp3) is 0.467. The Bertz CT molecular complexity index is 667. The predicted molar refractivity (Wildman–Crippen MR) is 81.9 cm³/mol. The summed E-state index contributed by atoms with van der Waals surface area (Å²) in [6.07, 6.45) is 1.38. The van der Waals surface area contributed by atoms with E-state index in [0.29, 0.717) is 17.1 Å². The van der Waals surface area contributed by atoms with Gasteiger partial charge in [-0.25, -0.2) is 0 Å². The number of ether oxygens (including phenoxy) is 1. The third-order valence-corrected chi connectivity index (χ3v) is 4.11. The molecule has 0 amide bonds. The lowest BCUT2D eigenvalue weighted by Gasteiger charge is -2.15. The van der Waals surface area contributed by atoms with Crippen LogP contribution in [0, 0.1) is 20.8 Å². The number of methoxy groups -OCH3 is 1. The zero-order chi connectivity index (χ0) is 15.7. The zero-order valence-corrected chi connectivity index (χ0v) is 13.7. The molecule has 1 atom stereocenters. The first-order valence-electron chi connectivity index (χ1n) is 6.72. The lowest BCUT2D eigenvalue weighted by atomic mass is 10.0. The molecule has 0 saturated heterocycles. The number of rotatable bonds is 4. The topological polar surface area (TPSA) is 60.2 Å². The molecular formula is C15H20ClN3O2. The first-order valence-corrected chi connectivity index (χ1v) is 7.10. The van der Waals surface area contributed by atoms with Crippen LogP contribution in [0.3, 0.4) is 0 Å². The molecule has 0 fully saturated rings. The molecule has 1 unspecified atom stereocenters. The van der Waals surface area contributed by atoms with Gasteiger partial charge in [0.05, 0.1) is 18.9 Å². The number of aliphatic hydroxyl groups is 1. The van der Waals surface area contributed by atoms with Crippen LogP contribution < -0.4 is 4.74 Å². The maximum Gasteiger partial charge on any atom is 0.132 e. The minimum Gasteiger partial charge on any atom is -0.496 e. The highest BCUT2D eigenvalue weighted by atomic mass is 35.5. The molecule has 0 aromatic carbocycles. The van der Waals surface area contributed by atoms with Crippen molar-refractivity contribution in [2.45, 2.75) is 33.3 Å². The minimum atomic E-state index is -0.746. The van der Waals surface area contributed by atoms with E-state index in [1.165, 1.54) is 0 Å². The third-order valence-electron chi connectivity index (χ3n) is 3.67. The summed E-state index contributed by atoms with van der Waals surface area (Å²) in [4.78, 5) is 4.41. The largest absolute Gasteiger partial charge is 0.496 e. The summed E-state index contributed by atoms with van der Waals surface area (Å²) in [5.41, 5.74) is 4.09. The van der Waals surface area contributed by atoms with Gasteiger partial charge < -0.3 is 9.84 Å². The average molecular weight is 310 g/mol. The Labute approximate surface area is 129 Å². The van der Waals surface area contributed by atoms with Gasteiger partial charge in [0.2, 0.25) is 0 Å². The lowest BCUT2D eigenvalue weighted by Crippen LogP contribution is -2.08. The minimum absolute atomic E-state index is 0.370. The molecule has 0 saturated carbocycles. The van der Waals surface area contributed by atoms with E-state index in [4.69, 9.17) is 16.3 Å². The summed E-state index contributed by atoms with van der Waals surface area (Å²) >= 11 is 6.19. The summed E-state index contributed by atoms with van der Waals surface area (Å²) in [5, 5.41) is 15.2. The van der Waals surface area contributed by atoms with Gasteiger partial charge in [-0.1, -0.05) is 11.6 Å². The van der Waals surface area contributed by atoms with Gasteiger partial charge in [0.1, 0.15) is 10.9 Å². The van der Waals surface area contributed by atoms with Crippen LogP contribution in [0.5, 0.6) is 5.75 Å². The van der Waals surface area contributed by atoms with Crippen molar-refractivity contribution >= 4 is 11.6 Å². The zero-order valence-electron chi connectivity index (χ0n) is 12.9. The molecule has 0 bridgehead atoms. The number of aliphatic hydroxyl groups excluding tert-OH is 1. The Morgan fingerprint density at radius 2 is 2.05 bits per heavy atom. The smallest absolute Gasteiger partial charge is 0.132 e. The Hall–Kier alpha value is -1.59. The standard InChI is InChI=1S/C15H20ClN3O2/c1-8-7-17-11(9(2)14(8)21-5)6-12(20)13-10(3)18-19(4)15(13)16/h7,12,20H,6H2,1-5H3. The molecule has 21 heavy (non-hydrogen) atoms. The van der Waals surface area contributed by atoms with Gasteiger partial charge in [0, 0.05) is 42.0 Å². The summed E-state index contributed by atoms with van der Waals surface area (Å²) in [5.74, 6) is 0.807. The molecule has 0 radical (unpaired) electrons. The molecule has 0 aliphatic rings. The van der Waals surface area contributed by atoms with Crippen molar-refractivity contribution in [1.82, 2.24) is 14.8 Å². The Morgan fingerprint density at radius 1 is 1.38 bits per heavy atom. The van der Waals surface area contributed by atoms with Crippen LogP contribution in [0.1, 0.15) is 34.2 Å². The van der Waals surface area contributed by atoms with Gasteiger partial charge in [-0.15, -0.1) is 0 Å². The fourth-order valence-electron chi connectivity index (χ4n) is 2.59. The van der Waals surface area contributed by atoms with Gasteiger partial charge in [-0.3, -0.25) is 9.67 Å². The summed E-state index contributed by atoms with van der Waals surface area (Å²) < 4.78 is 6.95. The van der Waals surface area contributed by atoms with Crippen LogP contribution in [-0.2, 0) is 13.5 Å². The molecule has 0 aliphatic heterocycles. The van der Waals surface area contributed by atoms with E-state index in [2.05, 4.69) is 10.1 Å². The molecule has 1 N–H and O–H groups in total. The van der Waals surface area contributed by atoms with Gasteiger partial charge in [0.25, 0.3) is 0 Å². The molecule has 2 rings (SSSR count). The summed E-state index contributed by atoms with van der Waals surface area (Å²) in [6.45, 7) is 5.72. The van der Waals surface area contributed by atoms with Crippen LogP contribution in [0.15, 0.2) is 6.20 Å². The average Bonchev–Trinajstić information content (AvgIpc) is 2.67. The second kappa shape index (κ2) is 6.03. The third kappa shape index (κ3) is 2.89. The van der Waals surface area contributed by atoms with E-state index in [0.717, 1.165) is 28.3 Å². The maximum absolute atomic E-state index is 10.5. The quantitative estimate of drug-likeness (QED) is 0.943. The SMILES string of the molecule is COc1c(C)cnc(CC(O)c2c(C)nn(C)c2Cl)c1C. The molecule has 5 nitrogen and oxygen atoms in total. The van der Waals surface area contributed by atoms with Gasteiger partial charge in [0.15, 0.2) is 0 Å². The van der Waals surface area contributed by atoms with Gasteiger partial charge >= 0.3 is 0 Å². The van der Waals surface area contributed by atoms with E-state index in [9.17, 15) is 5.11 Å². The highest BCUT2D eigenvalue weighted by Crippen LogP contribution is 2.31. The number of pyridine rings is 1. The highest BCUT2D eigenvalue weighted by Gasteiger charge is 2.22. The first kappa shape index (κ1) is 15.8. The highest BCUT2D eigenvalue weighted by molar-refractivity contribution is 6.30. The maximum atomic E-state index is 10.5. The Morgan fingerprint density at radius 3 is 2.57 bits per heavy atom. The van der Waals surface area contributed by atoms with Crippen molar-refractivity contribution in [3.63, 3.8) is 0 Å². The number of hydrogen-bond acceptors (Lipinski definition) is 4. The molecule has 2 aromatic rings. The monoisotopic (exact) mass is 309 g/mol. The van der Waals surface area contributed by atoms with Crippen LogP contribution in [0.25, 0.3) is 0 Å². The Kier molecular flexibility index (Phi) is 4.54. The van der Waals surface area contributed by atoms with Gasteiger partial charge in [-0.05, 0) is 20.8 Å². The molecule has 6 heteroatoms. The van der Waals surface area contributed by atoms with E-state index < -0.39 is 6.10 Å². The van der Waals surface area contributed by atoms with Crippen molar-refractivity contribution in [1.29, 1.82) is 0 Å². The predicted octanol–water partition coefficient (Wildman–Crippen LogP) is 2.68. The van der Waals surface area contributed by atoms with E-state index in [-0.39, 0.29) is 0 Å². The van der Waals surface area contributed by atoms with Gasteiger partial charge in [-0.2, -0.15) is 5.10 Å².